The summed E-state index contributed by atoms with van der Waals surface area (Å²) in [5, 5.41) is 7.06. The highest BCUT2D eigenvalue weighted by molar-refractivity contribution is 6.27. The van der Waals surface area contributed by atoms with Crippen LogP contribution in [0, 0.1) is 0 Å². The van der Waals surface area contributed by atoms with Crippen molar-refractivity contribution in [1.82, 2.24) is 4.57 Å². The maximum absolute atomic E-state index is 6.68. The fourth-order valence-corrected chi connectivity index (χ4v) is 8.45. The molecule has 0 saturated carbocycles. The highest BCUT2D eigenvalue weighted by atomic mass is 16.3. The second-order valence-corrected chi connectivity index (χ2v) is 14.1. The third-order valence-electron chi connectivity index (χ3n) is 10.9. The number of nitrogens with zero attached hydrogens (tertiary/aromatic N) is 2. The number of anilines is 3. The molecular weight excluding hydrogens is 669 g/mol. The third kappa shape index (κ3) is 5.13. The number of hydrogen-bond acceptors (Lipinski definition) is 2. The lowest BCUT2D eigenvalue weighted by molar-refractivity contribution is 0.669. The van der Waals surface area contributed by atoms with Crippen LogP contribution in [0.15, 0.2) is 211 Å². The minimum Gasteiger partial charge on any atom is -0.456 e. The Morgan fingerprint density at radius 2 is 0.982 bits per heavy atom. The lowest BCUT2D eigenvalue weighted by Crippen LogP contribution is -2.10. The van der Waals surface area contributed by atoms with Gasteiger partial charge in [0.1, 0.15) is 11.2 Å². The van der Waals surface area contributed by atoms with Gasteiger partial charge >= 0.3 is 0 Å². The fraction of sp³-hybridized carbons (Fsp3) is 0. The Hall–Kier alpha value is -7.36. The minimum absolute atomic E-state index is 0.877. The van der Waals surface area contributed by atoms with E-state index in [-0.39, 0.29) is 0 Å². The Morgan fingerprint density at radius 3 is 1.76 bits per heavy atom. The van der Waals surface area contributed by atoms with E-state index in [9.17, 15) is 0 Å². The van der Waals surface area contributed by atoms with E-state index in [1.165, 1.54) is 38.2 Å². The van der Waals surface area contributed by atoms with Gasteiger partial charge in [-0.05, 0) is 82.1 Å². The maximum Gasteiger partial charge on any atom is 0.138 e. The largest absolute Gasteiger partial charge is 0.456 e. The molecule has 0 unspecified atom stereocenters. The van der Waals surface area contributed by atoms with Crippen LogP contribution in [0.3, 0.4) is 0 Å². The van der Waals surface area contributed by atoms with Crippen LogP contribution in [0.2, 0.25) is 0 Å². The molecule has 0 aliphatic carbocycles. The number of benzene rings is 9. The smallest absolute Gasteiger partial charge is 0.138 e. The van der Waals surface area contributed by atoms with E-state index >= 15 is 0 Å². The summed E-state index contributed by atoms with van der Waals surface area (Å²) in [4.78, 5) is 2.36. The molecule has 258 valence electrons. The summed E-state index contributed by atoms with van der Waals surface area (Å²) in [6.45, 7) is 0. The molecule has 0 N–H and O–H groups in total. The Morgan fingerprint density at radius 1 is 0.364 bits per heavy atom. The molecule has 11 rings (SSSR count). The molecule has 0 bridgehead atoms. The van der Waals surface area contributed by atoms with Gasteiger partial charge in [0.05, 0.1) is 11.0 Å². The lowest BCUT2D eigenvalue weighted by atomic mass is 9.94. The van der Waals surface area contributed by atoms with Crippen LogP contribution in [-0.2, 0) is 0 Å². The van der Waals surface area contributed by atoms with Crippen LogP contribution in [-0.4, -0.2) is 4.57 Å². The molecule has 0 aliphatic heterocycles. The number of fused-ring (bicyclic) bond motifs is 7. The Labute approximate surface area is 318 Å². The molecule has 0 radical (unpaired) electrons. The van der Waals surface area contributed by atoms with Crippen LogP contribution in [0.25, 0.3) is 82.5 Å². The van der Waals surface area contributed by atoms with Crippen molar-refractivity contribution in [3.8, 4) is 27.9 Å². The molecule has 2 aromatic heterocycles. The first kappa shape index (κ1) is 31.2. The number of aromatic nitrogens is 1. The van der Waals surface area contributed by atoms with Crippen LogP contribution in [0.4, 0.5) is 17.1 Å². The van der Waals surface area contributed by atoms with Gasteiger partial charge in [0, 0.05) is 55.9 Å². The topological polar surface area (TPSA) is 21.3 Å². The summed E-state index contributed by atoms with van der Waals surface area (Å²) in [7, 11) is 0. The van der Waals surface area contributed by atoms with Gasteiger partial charge in [0.15, 0.2) is 0 Å². The van der Waals surface area contributed by atoms with Crippen LogP contribution in [0.5, 0.6) is 0 Å². The lowest BCUT2D eigenvalue weighted by Gasteiger charge is -2.26. The number of rotatable bonds is 6. The summed E-state index contributed by atoms with van der Waals surface area (Å²) in [6, 6.07) is 73.9. The predicted octanol–water partition coefficient (Wildman–Crippen LogP) is 14.6. The normalized spacial score (nSPS) is 11.6. The molecule has 9 aromatic carbocycles. The first-order valence-electron chi connectivity index (χ1n) is 18.8. The molecular formula is C52H34N2O. The van der Waals surface area contributed by atoms with Gasteiger partial charge < -0.3 is 13.9 Å². The standard InChI is InChI=1S/C52H34N2O/c1-4-14-35(15-5-1)37-24-27-41(28-25-37)53(40-20-8-3-9-21-40)43-30-31-44-46(33-43)54(42-29-26-36-16-10-11-19-39(36)32-42)47-34-49-52(45-22-12-13-23-48(45)55-49)50(51(44)47)38-17-6-2-7-18-38/h1-34H. The number of hydrogen-bond donors (Lipinski definition) is 0. The molecule has 0 atom stereocenters. The molecule has 0 amide bonds. The van der Waals surface area contributed by atoms with Crippen molar-refractivity contribution >= 4 is 71.6 Å². The van der Waals surface area contributed by atoms with Crippen molar-refractivity contribution in [2.75, 3.05) is 4.90 Å². The van der Waals surface area contributed by atoms with E-state index in [2.05, 4.69) is 210 Å². The van der Waals surface area contributed by atoms with E-state index in [4.69, 9.17) is 4.42 Å². The van der Waals surface area contributed by atoms with E-state index in [0.29, 0.717) is 0 Å². The maximum atomic E-state index is 6.68. The summed E-state index contributed by atoms with van der Waals surface area (Å²) in [5.41, 5.74) is 13.1. The average molecular weight is 703 g/mol. The highest BCUT2D eigenvalue weighted by Crippen LogP contribution is 2.47. The molecule has 3 heteroatoms. The van der Waals surface area contributed by atoms with Crippen LogP contribution >= 0.6 is 0 Å². The highest BCUT2D eigenvalue weighted by Gasteiger charge is 2.24. The van der Waals surface area contributed by atoms with Gasteiger partial charge in [-0.2, -0.15) is 0 Å². The molecule has 0 saturated heterocycles. The minimum atomic E-state index is 0.877. The van der Waals surface area contributed by atoms with Crippen LogP contribution in [0.1, 0.15) is 0 Å². The third-order valence-corrected chi connectivity index (χ3v) is 10.9. The molecule has 11 aromatic rings. The molecule has 3 nitrogen and oxygen atoms in total. The van der Waals surface area contributed by atoms with Crippen molar-refractivity contribution in [2.24, 2.45) is 0 Å². The van der Waals surface area contributed by atoms with Gasteiger partial charge in [-0.15, -0.1) is 0 Å². The van der Waals surface area contributed by atoms with E-state index in [1.54, 1.807) is 0 Å². The van der Waals surface area contributed by atoms with E-state index in [0.717, 1.165) is 61.3 Å². The number of furan rings is 1. The quantitative estimate of drug-likeness (QED) is 0.172. The van der Waals surface area contributed by atoms with Gasteiger partial charge in [-0.3, -0.25) is 0 Å². The zero-order valence-corrected chi connectivity index (χ0v) is 29.9. The zero-order valence-electron chi connectivity index (χ0n) is 29.9. The van der Waals surface area contributed by atoms with Crippen molar-refractivity contribution in [3.05, 3.63) is 206 Å². The Balaban J connectivity index is 1.23. The van der Waals surface area contributed by atoms with Gasteiger partial charge in [0.25, 0.3) is 0 Å². The van der Waals surface area contributed by atoms with Crippen molar-refractivity contribution in [2.45, 2.75) is 0 Å². The summed E-state index contributed by atoms with van der Waals surface area (Å²) in [6.07, 6.45) is 0. The molecule has 55 heavy (non-hydrogen) atoms. The Kier molecular flexibility index (Phi) is 7.17. The van der Waals surface area contributed by atoms with Crippen molar-refractivity contribution in [1.29, 1.82) is 0 Å². The molecule has 0 fully saturated rings. The van der Waals surface area contributed by atoms with E-state index < -0.39 is 0 Å². The predicted molar refractivity (Wildman–Crippen MR) is 231 cm³/mol. The SMILES string of the molecule is c1ccc(-c2ccc(N(c3ccccc3)c3ccc4c5c(-c6ccccc6)c6c(cc5n(-c5ccc7ccccc7c5)c4c3)oc3ccccc36)cc2)cc1. The van der Waals surface area contributed by atoms with Gasteiger partial charge in [-0.25, -0.2) is 0 Å². The van der Waals surface area contributed by atoms with Crippen LogP contribution < -0.4 is 4.90 Å². The molecule has 0 aliphatic rings. The molecule has 0 spiro atoms. The molecule has 2 heterocycles. The summed E-state index contributed by atoms with van der Waals surface area (Å²) < 4.78 is 9.11. The first-order valence-corrected chi connectivity index (χ1v) is 18.8. The Bertz CT molecular complexity index is 3180. The van der Waals surface area contributed by atoms with Crippen molar-refractivity contribution < 1.29 is 4.42 Å². The second kappa shape index (κ2) is 12.6. The average Bonchev–Trinajstić information content (AvgIpc) is 3.79. The zero-order chi connectivity index (χ0) is 36.3. The van der Waals surface area contributed by atoms with Gasteiger partial charge in [-0.1, -0.05) is 146 Å². The van der Waals surface area contributed by atoms with E-state index in [1.807, 2.05) is 6.07 Å². The van der Waals surface area contributed by atoms with Crippen molar-refractivity contribution in [3.63, 3.8) is 0 Å². The first-order chi connectivity index (χ1) is 27.3. The summed E-state index contributed by atoms with van der Waals surface area (Å²) >= 11 is 0. The summed E-state index contributed by atoms with van der Waals surface area (Å²) in [5.74, 6) is 0. The van der Waals surface area contributed by atoms with Gasteiger partial charge in [0.2, 0.25) is 0 Å². The monoisotopic (exact) mass is 702 g/mol. The number of para-hydroxylation sites is 2. The second-order valence-electron chi connectivity index (χ2n) is 14.1. The fourth-order valence-electron chi connectivity index (χ4n) is 8.45.